The molecule has 0 spiro atoms. The highest BCUT2D eigenvalue weighted by Crippen LogP contribution is 2.34. The van der Waals surface area contributed by atoms with Crippen molar-refractivity contribution >= 4 is 23.3 Å². The van der Waals surface area contributed by atoms with E-state index in [4.69, 9.17) is 16.3 Å². The number of piperidine rings is 1. The molecule has 0 N–H and O–H groups in total. The van der Waals surface area contributed by atoms with E-state index in [-0.39, 0.29) is 11.8 Å². The molecule has 2 aliphatic heterocycles. The Bertz CT molecular complexity index is 1130. The van der Waals surface area contributed by atoms with E-state index in [2.05, 4.69) is 30.7 Å². The Hall–Kier alpha value is -2.97. The second-order valence-corrected chi connectivity index (χ2v) is 8.96. The molecule has 0 saturated carbocycles. The number of fused-ring (bicyclic) bond motifs is 3. The van der Waals surface area contributed by atoms with Gasteiger partial charge in [0.15, 0.2) is 5.82 Å². The number of amides is 1. The summed E-state index contributed by atoms with van der Waals surface area (Å²) < 4.78 is 7.26. The molecule has 0 aliphatic carbocycles. The van der Waals surface area contributed by atoms with Crippen molar-refractivity contribution in [1.82, 2.24) is 24.6 Å². The number of pyridine rings is 1. The van der Waals surface area contributed by atoms with Crippen LogP contribution in [-0.2, 0) is 22.6 Å². The van der Waals surface area contributed by atoms with Crippen LogP contribution in [-0.4, -0.2) is 57.4 Å². The van der Waals surface area contributed by atoms with Crippen LogP contribution in [0.25, 0.3) is 5.69 Å². The van der Waals surface area contributed by atoms with Crippen LogP contribution in [0.1, 0.15) is 42.4 Å². The maximum absolute atomic E-state index is 12.8. The minimum absolute atomic E-state index is 0.0319. The first kappa shape index (κ1) is 21.9. The van der Waals surface area contributed by atoms with Crippen LogP contribution in [0, 0.1) is 0 Å². The van der Waals surface area contributed by atoms with Gasteiger partial charge >= 0.3 is 0 Å². The van der Waals surface area contributed by atoms with Gasteiger partial charge in [0.2, 0.25) is 5.91 Å². The van der Waals surface area contributed by atoms with Crippen molar-refractivity contribution in [2.45, 2.75) is 38.3 Å². The summed E-state index contributed by atoms with van der Waals surface area (Å²) in [7, 11) is 1.60. The van der Waals surface area contributed by atoms with Crippen LogP contribution in [0.3, 0.4) is 0 Å². The van der Waals surface area contributed by atoms with Gasteiger partial charge in [-0.2, -0.15) is 0 Å². The number of methoxy groups -OCH3 is 1. The second kappa shape index (κ2) is 9.49. The first-order chi connectivity index (χ1) is 16.1. The molecule has 0 unspecified atom stereocenters. The number of halogens is 1. The molecule has 1 fully saturated rings. The number of aromatic nitrogens is 4. The normalized spacial score (nSPS) is 16.3. The molecule has 2 aromatic heterocycles. The van der Waals surface area contributed by atoms with Crippen LogP contribution >= 0.6 is 11.6 Å². The van der Waals surface area contributed by atoms with E-state index in [0.717, 1.165) is 54.6 Å². The third-order valence-electron chi connectivity index (χ3n) is 6.44. The lowest BCUT2D eigenvalue weighted by Gasteiger charge is -2.32. The molecule has 33 heavy (non-hydrogen) atoms. The van der Waals surface area contributed by atoms with Crippen molar-refractivity contribution in [3.63, 3.8) is 0 Å². The average Bonchev–Trinajstić information content (AvgIpc) is 3.19. The standard InChI is InChI=1S/C24H27ClN6O2/c1-33-13-9-23(32)30-15-18-14-19(25)5-6-20(18)31-22(16-30)27-28-24(31)17-7-11-29(12-8-17)21-4-2-3-10-26-21/h2-6,10,14,17H,7-9,11-13,15-16H2,1H3. The molecular weight excluding hydrogens is 440 g/mol. The van der Waals surface area contributed by atoms with Gasteiger partial charge < -0.3 is 14.5 Å². The fraction of sp³-hybridized carbons (Fsp3) is 0.417. The first-order valence-electron chi connectivity index (χ1n) is 11.3. The van der Waals surface area contributed by atoms with E-state index in [1.165, 1.54) is 0 Å². The maximum atomic E-state index is 12.8. The van der Waals surface area contributed by atoms with Crippen molar-refractivity contribution in [1.29, 1.82) is 0 Å². The number of rotatable bonds is 5. The van der Waals surface area contributed by atoms with E-state index in [0.29, 0.717) is 31.1 Å². The SMILES string of the molecule is COCCC(=O)N1Cc2cc(Cl)ccc2-n2c(nnc2C2CCN(c3ccccn3)CC2)C1. The quantitative estimate of drug-likeness (QED) is 0.572. The number of nitrogens with zero attached hydrogens (tertiary/aromatic N) is 6. The van der Waals surface area contributed by atoms with Crippen LogP contribution in [0.2, 0.25) is 5.02 Å². The molecule has 1 amide bonds. The first-order valence-corrected chi connectivity index (χ1v) is 11.7. The monoisotopic (exact) mass is 466 g/mol. The third kappa shape index (κ3) is 4.45. The molecule has 8 nitrogen and oxygen atoms in total. The van der Waals surface area contributed by atoms with Gasteiger partial charge in [0, 0.05) is 43.9 Å². The number of hydrogen-bond acceptors (Lipinski definition) is 6. The van der Waals surface area contributed by atoms with Gasteiger partial charge in [0.05, 0.1) is 25.3 Å². The molecule has 2 aliphatic rings. The number of ether oxygens (including phenoxy) is 1. The van der Waals surface area contributed by atoms with Crippen molar-refractivity contribution in [2.24, 2.45) is 0 Å². The number of anilines is 1. The largest absolute Gasteiger partial charge is 0.384 e. The fourth-order valence-corrected chi connectivity index (χ4v) is 4.92. The van der Waals surface area contributed by atoms with Crippen molar-refractivity contribution < 1.29 is 9.53 Å². The Kier molecular flexibility index (Phi) is 6.28. The lowest BCUT2D eigenvalue weighted by molar-refractivity contribution is -0.133. The summed E-state index contributed by atoms with van der Waals surface area (Å²) in [6, 6.07) is 11.9. The van der Waals surface area contributed by atoms with Gasteiger partial charge in [-0.05, 0) is 48.7 Å². The molecule has 172 valence electrons. The lowest BCUT2D eigenvalue weighted by Crippen LogP contribution is -2.34. The smallest absolute Gasteiger partial charge is 0.225 e. The van der Waals surface area contributed by atoms with Crippen molar-refractivity contribution in [3.05, 3.63) is 64.8 Å². The summed E-state index contributed by atoms with van der Waals surface area (Å²) in [5, 5.41) is 9.81. The zero-order valence-electron chi connectivity index (χ0n) is 18.7. The number of carbonyl (C=O) groups is 1. The Labute approximate surface area is 198 Å². The van der Waals surface area contributed by atoms with E-state index < -0.39 is 0 Å². The Morgan fingerprint density at radius 2 is 2.00 bits per heavy atom. The Morgan fingerprint density at radius 1 is 1.15 bits per heavy atom. The van der Waals surface area contributed by atoms with E-state index in [1.54, 1.807) is 7.11 Å². The molecule has 1 saturated heterocycles. The van der Waals surface area contributed by atoms with Gasteiger partial charge in [-0.25, -0.2) is 4.98 Å². The van der Waals surface area contributed by atoms with Gasteiger partial charge in [0.25, 0.3) is 0 Å². The molecule has 0 atom stereocenters. The highest BCUT2D eigenvalue weighted by atomic mass is 35.5. The zero-order chi connectivity index (χ0) is 22.8. The van der Waals surface area contributed by atoms with Gasteiger partial charge in [-0.1, -0.05) is 17.7 Å². The van der Waals surface area contributed by atoms with E-state index in [1.807, 2.05) is 41.4 Å². The minimum Gasteiger partial charge on any atom is -0.384 e. The summed E-state index contributed by atoms with van der Waals surface area (Å²) in [6.45, 7) is 3.12. The van der Waals surface area contributed by atoms with Crippen LogP contribution in [0.5, 0.6) is 0 Å². The molecule has 4 heterocycles. The highest BCUT2D eigenvalue weighted by molar-refractivity contribution is 6.30. The highest BCUT2D eigenvalue weighted by Gasteiger charge is 2.31. The van der Waals surface area contributed by atoms with Crippen LogP contribution in [0.15, 0.2) is 42.6 Å². The van der Waals surface area contributed by atoms with Crippen LogP contribution in [0.4, 0.5) is 5.82 Å². The summed E-state index contributed by atoms with van der Waals surface area (Å²) in [5.74, 6) is 3.07. The maximum Gasteiger partial charge on any atom is 0.225 e. The topological polar surface area (TPSA) is 76.4 Å². The minimum atomic E-state index is 0.0319. The predicted molar refractivity (Wildman–Crippen MR) is 126 cm³/mol. The van der Waals surface area contributed by atoms with Crippen molar-refractivity contribution in [2.75, 3.05) is 31.7 Å². The number of carbonyl (C=O) groups excluding carboxylic acids is 1. The average molecular weight is 467 g/mol. The summed E-state index contributed by atoms with van der Waals surface area (Å²) in [5.41, 5.74) is 2.00. The molecular formula is C24H27ClN6O2. The second-order valence-electron chi connectivity index (χ2n) is 8.52. The molecule has 0 radical (unpaired) electrons. The number of benzene rings is 1. The molecule has 9 heteroatoms. The Balaban J connectivity index is 1.44. The van der Waals surface area contributed by atoms with Gasteiger partial charge in [-0.3, -0.25) is 9.36 Å². The zero-order valence-corrected chi connectivity index (χ0v) is 19.4. The molecule has 1 aromatic carbocycles. The molecule has 0 bridgehead atoms. The summed E-state index contributed by atoms with van der Waals surface area (Å²) in [4.78, 5) is 21.5. The predicted octanol–water partition coefficient (Wildman–Crippen LogP) is 3.58. The lowest BCUT2D eigenvalue weighted by atomic mass is 9.95. The van der Waals surface area contributed by atoms with Crippen molar-refractivity contribution in [3.8, 4) is 5.69 Å². The summed E-state index contributed by atoms with van der Waals surface area (Å²) in [6.07, 6.45) is 4.10. The van der Waals surface area contributed by atoms with Gasteiger partial charge in [-0.15, -0.1) is 10.2 Å². The molecule has 3 aromatic rings. The van der Waals surface area contributed by atoms with Crippen LogP contribution < -0.4 is 4.90 Å². The molecule has 5 rings (SSSR count). The fourth-order valence-electron chi connectivity index (χ4n) is 4.72. The van der Waals surface area contributed by atoms with Gasteiger partial charge in [0.1, 0.15) is 11.6 Å². The summed E-state index contributed by atoms with van der Waals surface area (Å²) >= 11 is 6.33. The number of hydrogen-bond donors (Lipinski definition) is 0. The Morgan fingerprint density at radius 3 is 2.76 bits per heavy atom. The van der Waals surface area contributed by atoms with E-state index in [9.17, 15) is 4.79 Å². The third-order valence-corrected chi connectivity index (χ3v) is 6.67. The van der Waals surface area contributed by atoms with E-state index >= 15 is 0 Å².